The third-order valence-electron chi connectivity index (χ3n) is 12.0. The molecule has 1 fully saturated rings. The number of amides is 1. The predicted molar refractivity (Wildman–Crippen MR) is 250 cm³/mol. The summed E-state index contributed by atoms with van der Waals surface area (Å²) in [7, 11) is -5.08. The van der Waals surface area contributed by atoms with E-state index >= 15 is 0 Å². The lowest BCUT2D eigenvalue weighted by Crippen LogP contribution is -2.61. The molecule has 7 atom stereocenters. The molecule has 366 valence electrons. The Morgan fingerprint density at radius 1 is 0.645 bits per heavy atom. The van der Waals surface area contributed by atoms with Gasteiger partial charge in [-0.1, -0.05) is 199 Å². The van der Waals surface area contributed by atoms with Crippen molar-refractivity contribution in [3.8, 4) is 0 Å². The second-order valence-corrected chi connectivity index (χ2v) is 18.8. The molecular weight excluding hydrogens is 811 g/mol. The zero-order chi connectivity index (χ0) is 45.5. The van der Waals surface area contributed by atoms with Gasteiger partial charge in [0.15, 0.2) is 6.29 Å². The van der Waals surface area contributed by atoms with Crippen LogP contribution in [-0.4, -0.2) is 95.4 Å². The summed E-state index contributed by atoms with van der Waals surface area (Å²) >= 11 is 0. The van der Waals surface area contributed by atoms with E-state index in [1.165, 1.54) is 135 Å². The summed E-state index contributed by atoms with van der Waals surface area (Å²) in [6.45, 7) is 3.43. The van der Waals surface area contributed by atoms with Crippen LogP contribution in [0.15, 0.2) is 24.3 Å². The number of hydrogen-bond acceptors (Lipinski definition) is 10. The van der Waals surface area contributed by atoms with Crippen LogP contribution in [0, 0.1) is 0 Å². The molecule has 0 saturated carbocycles. The van der Waals surface area contributed by atoms with Crippen molar-refractivity contribution in [3.05, 3.63) is 24.3 Å². The number of aliphatic hydroxyl groups is 4. The number of carbonyl (C=O) groups is 1. The Morgan fingerprint density at radius 3 is 1.56 bits per heavy atom. The fourth-order valence-electron chi connectivity index (χ4n) is 8.08. The number of nitrogens with one attached hydrogen (secondary N) is 1. The summed E-state index contributed by atoms with van der Waals surface area (Å²) in [4.78, 5) is 13.1. The molecule has 0 radical (unpaired) electrons. The first-order chi connectivity index (χ1) is 30.0. The second kappa shape index (κ2) is 39.9. The van der Waals surface area contributed by atoms with Gasteiger partial charge in [0.2, 0.25) is 5.91 Å². The third kappa shape index (κ3) is 32.3. The number of hydrogen-bond donors (Lipinski definition) is 6. The normalized spacial score (nSPS) is 20.7. The lowest BCUT2D eigenvalue weighted by molar-refractivity contribution is -0.298. The molecular formula is C49H93NO11S. The van der Waals surface area contributed by atoms with Gasteiger partial charge in [0.05, 0.1) is 25.4 Å². The second-order valence-electron chi connectivity index (χ2n) is 17.8. The van der Waals surface area contributed by atoms with Gasteiger partial charge in [-0.25, -0.2) is 4.18 Å². The van der Waals surface area contributed by atoms with E-state index < -0.39 is 59.9 Å². The van der Waals surface area contributed by atoms with Gasteiger partial charge in [0.25, 0.3) is 0 Å². The van der Waals surface area contributed by atoms with E-state index in [2.05, 4.69) is 47.7 Å². The molecule has 0 aromatic rings. The topological polar surface area (TPSA) is 192 Å². The van der Waals surface area contributed by atoms with Crippen LogP contribution in [0.4, 0.5) is 0 Å². The zero-order valence-electron chi connectivity index (χ0n) is 39.2. The molecule has 1 amide bonds. The van der Waals surface area contributed by atoms with E-state index in [-0.39, 0.29) is 18.9 Å². The molecule has 1 saturated heterocycles. The van der Waals surface area contributed by atoms with Crippen molar-refractivity contribution in [1.82, 2.24) is 5.32 Å². The Labute approximate surface area is 378 Å². The van der Waals surface area contributed by atoms with Crippen LogP contribution in [0.2, 0.25) is 0 Å². The molecule has 0 aromatic heterocycles. The van der Waals surface area contributed by atoms with E-state index in [9.17, 15) is 38.2 Å². The molecule has 0 aliphatic carbocycles. The Kier molecular flexibility index (Phi) is 37.7. The molecule has 0 aromatic carbocycles. The Balaban J connectivity index is 2.45. The largest absolute Gasteiger partial charge is 0.397 e. The fraction of sp³-hybridized carbons (Fsp3) is 0.898. The highest BCUT2D eigenvalue weighted by Crippen LogP contribution is 2.26. The summed E-state index contributed by atoms with van der Waals surface area (Å²) in [5.74, 6) is -0.237. The molecule has 1 rings (SSSR count). The number of unbranched alkanes of at least 4 members (excludes halogenated alkanes) is 27. The lowest BCUT2D eigenvalue weighted by atomic mass is 9.99. The van der Waals surface area contributed by atoms with Gasteiger partial charge in [-0.3, -0.25) is 9.35 Å². The molecule has 13 heteroatoms. The van der Waals surface area contributed by atoms with E-state index in [0.717, 1.165) is 57.8 Å². The van der Waals surface area contributed by atoms with Crippen LogP contribution in [-0.2, 0) is 28.9 Å². The monoisotopic (exact) mass is 904 g/mol. The molecule has 0 bridgehead atoms. The van der Waals surface area contributed by atoms with Gasteiger partial charge < -0.3 is 35.2 Å². The summed E-state index contributed by atoms with van der Waals surface area (Å²) < 4.78 is 47.7. The SMILES string of the molecule is CCCCC/C=C\C/C=C\CCCCCCCCCC(=O)NC(COC1OC(CO)C(O)C(OS(=O)(=O)O)C1O)C(O)CCCCCCCCCCCCCCCCCCCC. The van der Waals surface area contributed by atoms with Crippen molar-refractivity contribution < 1.29 is 51.8 Å². The molecule has 7 unspecified atom stereocenters. The smallest absolute Gasteiger partial charge is 0.394 e. The van der Waals surface area contributed by atoms with Gasteiger partial charge in [-0.2, -0.15) is 8.42 Å². The zero-order valence-corrected chi connectivity index (χ0v) is 40.0. The van der Waals surface area contributed by atoms with Crippen molar-refractivity contribution in [2.75, 3.05) is 13.2 Å². The van der Waals surface area contributed by atoms with Crippen LogP contribution in [0.25, 0.3) is 0 Å². The van der Waals surface area contributed by atoms with Gasteiger partial charge in [0, 0.05) is 6.42 Å². The van der Waals surface area contributed by atoms with Crippen molar-refractivity contribution in [3.63, 3.8) is 0 Å². The first kappa shape index (κ1) is 58.6. The first-order valence-electron chi connectivity index (χ1n) is 25.2. The minimum Gasteiger partial charge on any atom is -0.394 e. The van der Waals surface area contributed by atoms with Gasteiger partial charge in [-0.05, 0) is 44.9 Å². The maximum Gasteiger partial charge on any atom is 0.397 e. The van der Waals surface area contributed by atoms with E-state index in [0.29, 0.717) is 12.8 Å². The van der Waals surface area contributed by atoms with Crippen molar-refractivity contribution >= 4 is 16.3 Å². The summed E-state index contributed by atoms with van der Waals surface area (Å²) in [6.07, 6.45) is 37.4. The van der Waals surface area contributed by atoms with E-state index in [1.54, 1.807) is 0 Å². The number of allylic oxidation sites excluding steroid dienone is 4. The van der Waals surface area contributed by atoms with E-state index in [4.69, 9.17) is 9.47 Å². The maximum absolute atomic E-state index is 13.1. The Bertz CT molecular complexity index is 1200. The van der Waals surface area contributed by atoms with Crippen LogP contribution in [0.3, 0.4) is 0 Å². The Morgan fingerprint density at radius 2 is 1.08 bits per heavy atom. The lowest BCUT2D eigenvalue weighted by Gasteiger charge is -2.41. The van der Waals surface area contributed by atoms with Crippen LogP contribution in [0.5, 0.6) is 0 Å². The van der Waals surface area contributed by atoms with Crippen LogP contribution < -0.4 is 5.32 Å². The molecule has 62 heavy (non-hydrogen) atoms. The minimum absolute atomic E-state index is 0.237. The number of ether oxygens (including phenoxy) is 2. The third-order valence-corrected chi connectivity index (χ3v) is 12.5. The summed E-state index contributed by atoms with van der Waals surface area (Å²) in [6, 6.07) is -0.861. The van der Waals surface area contributed by atoms with Crippen LogP contribution in [0.1, 0.15) is 226 Å². The highest BCUT2D eigenvalue weighted by molar-refractivity contribution is 7.80. The standard InChI is InChI=1S/C49H93NO11S/c1-3-5-7-9-11-13-15-17-19-21-23-24-26-28-30-32-34-36-38-43(52)42(41-59-49-47(55)48(61-62(56,57)58)46(54)44(40-51)60-49)50-45(53)39-37-35-33-31-29-27-25-22-20-18-16-14-12-10-8-6-4-2/h12,14,18,20,42-44,46-49,51-52,54-55H,3-11,13,15-17,19,21-41H2,1-2H3,(H,50,53)(H,56,57,58)/b14-12-,20-18-. The van der Waals surface area contributed by atoms with Crippen molar-refractivity contribution in [1.29, 1.82) is 0 Å². The maximum atomic E-state index is 13.1. The quantitative estimate of drug-likeness (QED) is 0.0194. The average molecular weight is 904 g/mol. The molecule has 1 aliphatic rings. The van der Waals surface area contributed by atoms with Gasteiger partial charge in [0.1, 0.15) is 24.4 Å². The van der Waals surface area contributed by atoms with Crippen LogP contribution >= 0.6 is 0 Å². The first-order valence-corrected chi connectivity index (χ1v) is 26.6. The number of carbonyl (C=O) groups excluding carboxylic acids is 1. The number of aliphatic hydroxyl groups excluding tert-OH is 4. The summed E-state index contributed by atoms with van der Waals surface area (Å²) in [5, 5.41) is 45.0. The fourth-order valence-corrected chi connectivity index (χ4v) is 8.59. The summed E-state index contributed by atoms with van der Waals surface area (Å²) in [5.41, 5.74) is 0. The van der Waals surface area contributed by atoms with Gasteiger partial charge in [-0.15, -0.1) is 0 Å². The highest BCUT2D eigenvalue weighted by Gasteiger charge is 2.48. The van der Waals surface area contributed by atoms with E-state index in [1.807, 2.05) is 0 Å². The average Bonchev–Trinajstić information content (AvgIpc) is 3.24. The minimum atomic E-state index is -5.08. The molecule has 1 aliphatic heterocycles. The van der Waals surface area contributed by atoms with Crippen molar-refractivity contribution in [2.24, 2.45) is 0 Å². The highest BCUT2D eigenvalue weighted by atomic mass is 32.3. The molecule has 6 N–H and O–H groups in total. The Hall–Kier alpha value is -1.42. The molecule has 0 spiro atoms. The van der Waals surface area contributed by atoms with Crippen molar-refractivity contribution in [2.45, 2.75) is 269 Å². The molecule has 1 heterocycles. The molecule has 12 nitrogen and oxygen atoms in total. The number of rotatable bonds is 43. The predicted octanol–water partition coefficient (Wildman–Crippen LogP) is 10.5. The van der Waals surface area contributed by atoms with Gasteiger partial charge >= 0.3 is 10.4 Å².